The first-order valence-electron chi connectivity index (χ1n) is 41.4. The van der Waals surface area contributed by atoms with Crippen LogP contribution in [0.25, 0.3) is 0 Å². The molecule has 30 fully saturated rings. The minimum absolute atomic E-state index is 0.239. The summed E-state index contributed by atoms with van der Waals surface area (Å²) in [5.74, 6) is -4.91. The summed E-state index contributed by atoms with van der Waals surface area (Å²) >= 11 is 6.98. The van der Waals surface area contributed by atoms with E-state index in [1.807, 2.05) is 0 Å². The Balaban J connectivity index is 1.12. The molecule has 0 radical (unpaired) electrons. The quantitative estimate of drug-likeness (QED) is 0.0271. The number of ether oxygens (including phenoxy) is 16. The highest BCUT2D eigenvalue weighted by molar-refractivity contribution is 8.00. The van der Waals surface area contributed by atoms with Gasteiger partial charge in [-0.25, -0.2) is 0 Å². The maximum Gasteiger partial charge on any atom is 0.187 e. The van der Waals surface area contributed by atoms with Crippen molar-refractivity contribution in [3.05, 3.63) is 0 Å². The molecule has 0 aromatic carbocycles. The Morgan fingerprint density at radius 2 is 0.242 bits per heavy atom. The minimum atomic E-state index is -2.30. The fraction of sp³-hybridized carbons (Fsp3) is 1.00. The van der Waals surface area contributed by atoms with E-state index in [0.29, 0.717) is 0 Å². The lowest BCUT2D eigenvalue weighted by Gasteiger charge is -2.51. The van der Waals surface area contributed by atoms with Gasteiger partial charge in [0, 0.05) is 92.0 Å². The lowest BCUT2D eigenvalue weighted by molar-refractivity contribution is -0.396. The summed E-state index contributed by atoms with van der Waals surface area (Å²) in [6.45, 7) is -5.98. The zero-order chi connectivity index (χ0) is 93.7. The fourth-order valence-corrected chi connectivity index (χ4v) is 22.9. The second-order valence-electron chi connectivity index (χ2n) is 32.0. The van der Waals surface area contributed by atoms with Crippen molar-refractivity contribution in [1.29, 1.82) is 0 Å². The normalized spacial score (nSPS) is 43.9. The summed E-state index contributed by atoms with van der Waals surface area (Å²) in [5.41, 5.74) is 0. The monoisotopic (exact) mass is 2020 g/mol. The summed E-state index contributed by atoms with van der Waals surface area (Å²) in [5, 5.41) is 358. The van der Waals surface area contributed by atoms with Gasteiger partial charge >= 0.3 is 0 Å². The number of hydrogen-bond acceptors (Lipinski definition) is 56. The van der Waals surface area contributed by atoms with Gasteiger partial charge < -0.3 is 239 Å². The van der Waals surface area contributed by atoms with E-state index in [9.17, 15) is 163 Å². The largest absolute Gasteiger partial charge is 0.394 e. The summed E-state index contributed by atoms with van der Waals surface area (Å²) in [7, 11) is 0. The molecule has 32 N–H and O–H groups in total. The van der Waals surface area contributed by atoms with Crippen LogP contribution in [0.15, 0.2) is 0 Å². The smallest absolute Gasteiger partial charge is 0.187 e. The molecule has 48 nitrogen and oxygen atoms in total. The van der Waals surface area contributed by atoms with E-state index in [1.54, 1.807) is 0 Å². The molecule has 30 aliphatic heterocycles. The average molecular weight is 2020 g/mol. The Hall–Kier alpha value is 0.880. The molecule has 752 valence electrons. The van der Waals surface area contributed by atoms with Gasteiger partial charge in [0.2, 0.25) is 0 Å². The third-order valence-corrected chi connectivity index (χ3v) is 31.4. The molecule has 0 aromatic rings. The zero-order valence-corrected chi connectivity index (χ0v) is 75.3. The first-order valence-corrected chi connectivity index (χ1v) is 50.6. The van der Waals surface area contributed by atoms with Crippen LogP contribution in [-0.2, 0) is 75.8 Å². The predicted molar refractivity (Wildman–Crippen MR) is 448 cm³/mol. The molecule has 56 heteroatoms. The third kappa shape index (κ3) is 30.5. The molecule has 30 aliphatic rings. The molecule has 0 aliphatic carbocycles. The van der Waals surface area contributed by atoms with E-state index < -0.39 is 347 Å². The van der Waals surface area contributed by atoms with Crippen LogP contribution in [0.1, 0.15) is 0 Å². The van der Waals surface area contributed by atoms with Crippen molar-refractivity contribution in [2.75, 3.05) is 145 Å². The van der Waals surface area contributed by atoms with Gasteiger partial charge in [-0.15, -0.1) is 0 Å². The van der Waals surface area contributed by atoms with Crippen molar-refractivity contribution in [1.82, 2.24) is 0 Å². The maximum absolute atomic E-state index is 12.3. The minimum Gasteiger partial charge on any atom is -0.394 e. The molecule has 48 atom stereocenters. The zero-order valence-electron chi connectivity index (χ0n) is 68.8. The van der Waals surface area contributed by atoms with Crippen molar-refractivity contribution >= 4 is 94.1 Å². The number of rotatable bonds is 40. The lowest BCUT2D eigenvalue weighted by atomic mass is 9.95. The molecule has 30 rings (SSSR count). The van der Waals surface area contributed by atoms with Crippen molar-refractivity contribution in [2.24, 2.45) is 0 Å². The van der Waals surface area contributed by atoms with Gasteiger partial charge in [0.1, 0.15) is 146 Å². The Morgan fingerprint density at radius 1 is 0.148 bits per heavy atom. The van der Waals surface area contributed by atoms with Crippen LogP contribution >= 0.6 is 94.1 Å². The molecular formula is C72H128O48S8. The third-order valence-electron chi connectivity index (χ3n) is 21.9. The van der Waals surface area contributed by atoms with E-state index in [2.05, 4.69) is 0 Å². The van der Waals surface area contributed by atoms with Gasteiger partial charge in [-0.1, -0.05) is 0 Å². The molecule has 30 saturated heterocycles. The van der Waals surface area contributed by atoms with Crippen LogP contribution in [0.3, 0.4) is 0 Å². The first kappa shape index (κ1) is 112. The topological polar surface area (TPSA) is 795 Å². The first-order chi connectivity index (χ1) is 61.0. The fourth-order valence-electron chi connectivity index (χ4n) is 14.8. The van der Waals surface area contributed by atoms with Crippen molar-refractivity contribution < 1.29 is 239 Å². The lowest BCUT2D eigenvalue weighted by Crippen LogP contribution is -2.69. The highest BCUT2D eigenvalue weighted by Gasteiger charge is 2.61. The molecule has 16 bridgehead atoms. The Morgan fingerprint density at radius 3 is 0.328 bits per heavy atom. The van der Waals surface area contributed by atoms with E-state index in [4.69, 9.17) is 75.8 Å². The molecular weight excluding hydrogens is 1890 g/mol. The predicted octanol–water partition coefficient (Wildman–Crippen LogP) is -16.7. The van der Waals surface area contributed by atoms with Crippen LogP contribution in [0.5, 0.6) is 0 Å². The van der Waals surface area contributed by atoms with Crippen LogP contribution in [0.4, 0.5) is 0 Å². The average Bonchev–Trinajstić information content (AvgIpc) is 0.860. The Labute approximate surface area is 768 Å². The van der Waals surface area contributed by atoms with Crippen LogP contribution in [0, 0.1) is 0 Å². The number of aliphatic hydroxyl groups excluding tert-OH is 32. The molecule has 128 heavy (non-hydrogen) atoms. The van der Waals surface area contributed by atoms with Gasteiger partial charge in [0.15, 0.2) is 50.3 Å². The second-order valence-corrected chi connectivity index (χ2v) is 40.6. The number of aliphatic hydroxyl groups is 32. The summed E-state index contributed by atoms with van der Waals surface area (Å²) in [6.07, 6.45) is -92.4. The van der Waals surface area contributed by atoms with Crippen LogP contribution < -0.4 is 0 Å². The van der Waals surface area contributed by atoms with Gasteiger partial charge in [-0.3, -0.25) is 0 Å². The number of thioether (sulfide) groups is 8. The Kier molecular flexibility index (Phi) is 48.6. The van der Waals surface area contributed by atoms with Gasteiger partial charge in [-0.05, 0) is 0 Å². The SMILES string of the molecule is OCC(O)CSC[C@H]1O[C@@H]2O[C@H]3[C@H](O)[C@@H](O)[C@@H](O[C@H]4[C@H](O)[C@@H](O)[C@@H](O[C@H]5[C@H](O)[C@@H](O)[C@@H](O[C@H]6[C@H](O)[C@@H](O)[C@@H](O[C@H]7[C@H](O)[C@@H](O)[C@@H](O[C@H]8[C@H](O)[C@@H](O)[C@@H](O[C@H]9[C@H](O)[C@@H](O)[C@@H](O[C@H]1[C@H](O)[C@H]2O)O[C@@H]9CSCC(O)CO)O[C@@H]8CSCC(O)CO)O[C@@H]7CSCC(O)CO)O[C@@H]6CSCC(O)CO)O[C@@H]5CSCC(O)CO)O[C@@H]4CSCC(O)CO)O[C@@H]3CSCC(O)CO. The molecule has 8 unspecified atom stereocenters. The second kappa shape index (κ2) is 55.3. The highest BCUT2D eigenvalue weighted by Crippen LogP contribution is 2.43. The molecule has 0 amide bonds. The molecule has 0 saturated carbocycles. The van der Waals surface area contributed by atoms with E-state index in [-0.39, 0.29) is 92.0 Å². The van der Waals surface area contributed by atoms with E-state index >= 15 is 0 Å². The Bertz CT molecular complexity index is 2500. The highest BCUT2D eigenvalue weighted by atomic mass is 32.2. The van der Waals surface area contributed by atoms with Crippen molar-refractivity contribution in [2.45, 2.75) is 294 Å². The van der Waals surface area contributed by atoms with Crippen molar-refractivity contribution in [3.63, 3.8) is 0 Å². The van der Waals surface area contributed by atoms with Crippen LogP contribution in [-0.4, -0.2) is 603 Å². The van der Waals surface area contributed by atoms with Gasteiger partial charge in [0.25, 0.3) is 0 Å². The van der Waals surface area contributed by atoms with Gasteiger partial charge in [-0.2, -0.15) is 94.1 Å². The molecule has 30 heterocycles. The summed E-state index contributed by atoms with van der Waals surface area (Å²) < 4.78 is 101. The molecule has 0 aromatic heterocycles. The van der Waals surface area contributed by atoms with Gasteiger partial charge in [0.05, 0.1) is 151 Å². The van der Waals surface area contributed by atoms with Crippen LogP contribution in [0.2, 0.25) is 0 Å². The van der Waals surface area contributed by atoms with Crippen molar-refractivity contribution in [3.8, 4) is 0 Å². The van der Waals surface area contributed by atoms with E-state index in [1.165, 1.54) is 0 Å². The number of hydrogen-bond donors (Lipinski definition) is 32. The van der Waals surface area contributed by atoms with E-state index in [0.717, 1.165) is 94.1 Å². The summed E-state index contributed by atoms with van der Waals surface area (Å²) in [6, 6.07) is 0. The standard InChI is InChI=1S/C72H128O48S8/c73-1-25(81)9-121-17-33-57-41(89)49(97)65(105-33)114-58-34(18-122-10-26(82)2-74)107-67(51(99)43(58)91)116-60-36(20-124-12-28(84)4-76)109-69(53(101)45(60)93)118-62-38(22-126-14-30(86)6-78)111-71(55(103)47(62)95)120-64-40(24-128-16-32(88)8-80)112-72(56(104)48(64)96)119-63-39(23-127-15-31(87)7-79)110-70(54(102)46(63)94)117-61-37(21-125-13-29(85)5-77)108-68(52(100)44(61)92)115-59-35(19-123-11-27(83)3-75)106-66(113-57)50(98)42(59)90/h25-104H,1-24H2/t25?,26?,27?,28?,29?,30?,31?,32?,33-,34-,35-,36-,37-,38-,39-,40-,41-,42-,43-,44-,45-,46-,47-,48-,49-,50-,51-,52-,53-,54-,55-,56-,57-,58-,59-,60-,61-,62-,63-,64-,65-,66-,67-,68-,69-,70-,71-,72-/m1/s1. The maximum atomic E-state index is 12.3. The molecule has 0 spiro atoms. The summed E-state index contributed by atoms with van der Waals surface area (Å²) in [4.78, 5) is 0.